The van der Waals surface area contributed by atoms with E-state index in [-0.39, 0.29) is 32.1 Å². The van der Waals surface area contributed by atoms with Gasteiger partial charge in [-0.3, -0.25) is 9.59 Å². The first-order valence-electron chi connectivity index (χ1n) is 8.18. The maximum Gasteiger partial charge on any atom is 0.257 e. The lowest BCUT2D eigenvalue weighted by Gasteiger charge is -2.35. The highest BCUT2D eigenvalue weighted by atomic mass is 19.2. The second kappa shape index (κ2) is 7.19. The number of carbonyl (C=O) groups is 2. The van der Waals surface area contributed by atoms with Crippen molar-refractivity contribution in [3.05, 3.63) is 70.5 Å². The summed E-state index contributed by atoms with van der Waals surface area (Å²) in [6.45, 7) is 2.79. The van der Waals surface area contributed by atoms with Gasteiger partial charge in [0.05, 0.1) is 5.56 Å². The van der Waals surface area contributed by atoms with E-state index in [0.29, 0.717) is 5.56 Å². The second-order valence-corrected chi connectivity index (χ2v) is 6.12. The van der Waals surface area contributed by atoms with E-state index in [2.05, 4.69) is 0 Å². The van der Waals surface area contributed by atoms with Gasteiger partial charge in [0.15, 0.2) is 17.5 Å². The number of aryl methyl sites for hydroxylation is 1. The van der Waals surface area contributed by atoms with Gasteiger partial charge in [0.2, 0.25) is 0 Å². The summed E-state index contributed by atoms with van der Waals surface area (Å²) in [5.74, 6) is -5.34. The van der Waals surface area contributed by atoms with Crippen LogP contribution in [0.3, 0.4) is 0 Å². The highest BCUT2D eigenvalue weighted by Gasteiger charge is 2.28. The molecule has 3 rings (SSSR count). The molecule has 4 nitrogen and oxygen atoms in total. The number of hydrogen-bond acceptors (Lipinski definition) is 2. The minimum atomic E-state index is -1.66. The van der Waals surface area contributed by atoms with E-state index in [4.69, 9.17) is 0 Å². The molecule has 0 unspecified atom stereocenters. The molecule has 7 heteroatoms. The lowest BCUT2D eigenvalue weighted by molar-refractivity contribution is 0.0531. The number of carbonyl (C=O) groups excluding carboxylic acids is 2. The van der Waals surface area contributed by atoms with Crippen LogP contribution in [0.15, 0.2) is 36.4 Å². The molecule has 2 amide bonds. The summed E-state index contributed by atoms with van der Waals surface area (Å²) >= 11 is 0. The van der Waals surface area contributed by atoms with Gasteiger partial charge in [-0.1, -0.05) is 18.2 Å². The van der Waals surface area contributed by atoms with Crippen LogP contribution in [0.5, 0.6) is 0 Å². The number of hydrogen-bond donors (Lipinski definition) is 0. The van der Waals surface area contributed by atoms with E-state index >= 15 is 0 Å². The van der Waals surface area contributed by atoms with Crippen LogP contribution >= 0.6 is 0 Å². The van der Waals surface area contributed by atoms with Crippen molar-refractivity contribution in [1.82, 2.24) is 9.80 Å². The second-order valence-electron chi connectivity index (χ2n) is 6.12. The molecule has 0 aromatic heterocycles. The summed E-state index contributed by atoms with van der Waals surface area (Å²) in [5, 5.41) is 0. The highest BCUT2D eigenvalue weighted by Crippen LogP contribution is 2.19. The lowest BCUT2D eigenvalue weighted by Crippen LogP contribution is -2.50. The molecule has 0 aliphatic carbocycles. The van der Waals surface area contributed by atoms with Crippen LogP contribution in [0, 0.1) is 24.4 Å². The molecule has 0 spiro atoms. The summed E-state index contributed by atoms with van der Waals surface area (Å²) in [5.41, 5.74) is 0.946. The fraction of sp³-hybridized carbons (Fsp3) is 0.263. The van der Waals surface area contributed by atoms with Crippen molar-refractivity contribution in [2.75, 3.05) is 26.2 Å². The minimum Gasteiger partial charge on any atom is -0.335 e. The van der Waals surface area contributed by atoms with E-state index < -0.39 is 28.9 Å². The third-order valence-electron chi connectivity index (χ3n) is 4.50. The largest absolute Gasteiger partial charge is 0.335 e. The third-order valence-corrected chi connectivity index (χ3v) is 4.50. The molecule has 1 aliphatic rings. The average molecular weight is 362 g/mol. The Hall–Kier alpha value is -2.83. The number of halogens is 3. The van der Waals surface area contributed by atoms with Crippen LogP contribution in [0.2, 0.25) is 0 Å². The average Bonchev–Trinajstić information content (AvgIpc) is 2.66. The van der Waals surface area contributed by atoms with Crippen molar-refractivity contribution in [2.45, 2.75) is 6.92 Å². The molecule has 136 valence electrons. The van der Waals surface area contributed by atoms with E-state index in [0.717, 1.165) is 17.7 Å². The van der Waals surface area contributed by atoms with E-state index in [9.17, 15) is 22.8 Å². The third kappa shape index (κ3) is 3.29. The number of benzene rings is 2. The molecule has 0 N–H and O–H groups in total. The molecule has 0 saturated carbocycles. The predicted molar refractivity (Wildman–Crippen MR) is 89.3 cm³/mol. The zero-order chi connectivity index (χ0) is 18.8. The molecule has 1 fully saturated rings. The molecule has 0 atom stereocenters. The van der Waals surface area contributed by atoms with Gasteiger partial charge in [-0.05, 0) is 30.7 Å². The van der Waals surface area contributed by atoms with Crippen molar-refractivity contribution < 1.29 is 22.8 Å². The molecular weight excluding hydrogens is 345 g/mol. The van der Waals surface area contributed by atoms with Gasteiger partial charge >= 0.3 is 0 Å². The predicted octanol–water partition coefficient (Wildman–Crippen LogP) is 3.01. The van der Waals surface area contributed by atoms with E-state index in [1.54, 1.807) is 17.0 Å². The quantitative estimate of drug-likeness (QED) is 0.771. The molecule has 1 aliphatic heterocycles. The first kappa shape index (κ1) is 18.0. The Kier molecular flexibility index (Phi) is 4.97. The maximum atomic E-state index is 13.8. The van der Waals surface area contributed by atoms with Gasteiger partial charge < -0.3 is 9.80 Å². The van der Waals surface area contributed by atoms with Crippen LogP contribution in [0.25, 0.3) is 0 Å². The van der Waals surface area contributed by atoms with Gasteiger partial charge in [0.25, 0.3) is 11.8 Å². The summed E-state index contributed by atoms with van der Waals surface area (Å²) in [6.07, 6.45) is 0. The molecule has 1 heterocycles. The van der Waals surface area contributed by atoms with E-state index in [1.165, 1.54) is 4.90 Å². The molecule has 0 radical (unpaired) electrons. The van der Waals surface area contributed by atoms with Crippen LogP contribution in [-0.2, 0) is 0 Å². The Labute approximate surface area is 148 Å². The fourth-order valence-corrected chi connectivity index (χ4v) is 2.96. The fourth-order valence-electron chi connectivity index (χ4n) is 2.96. The normalized spacial score (nSPS) is 14.5. The Morgan fingerprint density at radius 3 is 1.88 bits per heavy atom. The standard InChI is InChI=1S/C19H17F3N2O2/c1-12-4-2-3-5-13(12)18(25)23-8-10-24(11-9-23)19(26)14-6-7-15(20)17(22)16(14)21/h2-7H,8-11H2,1H3. The van der Waals surface area contributed by atoms with Gasteiger partial charge in [-0.2, -0.15) is 0 Å². The molecule has 2 aromatic rings. The first-order chi connectivity index (χ1) is 12.4. The van der Waals surface area contributed by atoms with Gasteiger partial charge in [0.1, 0.15) is 0 Å². The highest BCUT2D eigenvalue weighted by molar-refractivity contribution is 5.97. The summed E-state index contributed by atoms with van der Waals surface area (Å²) in [7, 11) is 0. The van der Waals surface area contributed by atoms with Crippen LogP contribution in [-0.4, -0.2) is 47.8 Å². The van der Waals surface area contributed by atoms with Crippen molar-refractivity contribution >= 4 is 11.8 Å². The van der Waals surface area contributed by atoms with Crippen LogP contribution in [0.4, 0.5) is 13.2 Å². The zero-order valence-corrected chi connectivity index (χ0v) is 14.1. The number of rotatable bonds is 2. The summed E-state index contributed by atoms with van der Waals surface area (Å²) in [6, 6.07) is 8.88. The van der Waals surface area contributed by atoms with E-state index in [1.807, 2.05) is 19.1 Å². The Morgan fingerprint density at radius 1 is 0.769 bits per heavy atom. The Balaban J connectivity index is 1.69. The maximum absolute atomic E-state index is 13.8. The topological polar surface area (TPSA) is 40.6 Å². The smallest absolute Gasteiger partial charge is 0.257 e. The van der Waals surface area contributed by atoms with Crippen LogP contribution in [0.1, 0.15) is 26.3 Å². The Morgan fingerprint density at radius 2 is 1.31 bits per heavy atom. The SMILES string of the molecule is Cc1ccccc1C(=O)N1CCN(C(=O)c2ccc(F)c(F)c2F)CC1. The van der Waals surface area contributed by atoms with Crippen molar-refractivity contribution in [1.29, 1.82) is 0 Å². The molecule has 26 heavy (non-hydrogen) atoms. The zero-order valence-electron chi connectivity index (χ0n) is 14.1. The first-order valence-corrected chi connectivity index (χ1v) is 8.18. The molecule has 1 saturated heterocycles. The number of amides is 2. The van der Waals surface area contributed by atoms with Gasteiger partial charge in [-0.25, -0.2) is 13.2 Å². The Bertz CT molecular complexity index is 862. The van der Waals surface area contributed by atoms with Crippen molar-refractivity contribution in [2.24, 2.45) is 0 Å². The lowest BCUT2D eigenvalue weighted by atomic mass is 10.1. The molecule has 2 aromatic carbocycles. The van der Waals surface area contributed by atoms with Crippen LogP contribution < -0.4 is 0 Å². The molecule has 0 bridgehead atoms. The molecular formula is C19H17F3N2O2. The summed E-state index contributed by atoms with van der Waals surface area (Å²) in [4.78, 5) is 27.9. The van der Waals surface area contributed by atoms with Gasteiger partial charge in [-0.15, -0.1) is 0 Å². The minimum absolute atomic E-state index is 0.130. The van der Waals surface area contributed by atoms with Gasteiger partial charge in [0, 0.05) is 31.7 Å². The van der Waals surface area contributed by atoms with Crippen molar-refractivity contribution in [3.63, 3.8) is 0 Å². The van der Waals surface area contributed by atoms with Crippen molar-refractivity contribution in [3.8, 4) is 0 Å². The monoisotopic (exact) mass is 362 g/mol. The summed E-state index contributed by atoms with van der Waals surface area (Å²) < 4.78 is 40.2. The number of piperazine rings is 1. The number of nitrogens with zero attached hydrogens (tertiary/aromatic N) is 2.